The zero-order valence-electron chi connectivity index (χ0n) is 11.4. The van der Waals surface area contributed by atoms with Crippen LogP contribution in [0.2, 0.25) is 5.28 Å². The van der Waals surface area contributed by atoms with Crippen molar-refractivity contribution in [3.63, 3.8) is 0 Å². The van der Waals surface area contributed by atoms with Crippen molar-refractivity contribution < 1.29 is 0 Å². The molecule has 2 N–H and O–H groups in total. The maximum absolute atomic E-state index is 5.92. The molecule has 0 aliphatic heterocycles. The van der Waals surface area contributed by atoms with Gasteiger partial charge in [0.05, 0.1) is 5.69 Å². The number of para-hydroxylation sites is 1. The summed E-state index contributed by atoms with van der Waals surface area (Å²) in [5.41, 5.74) is 0.948. The lowest BCUT2D eigenvalue weighted by molar-refractivity contribution is 0.940. The SMILES string of the molecule is CCCNc1nc(Cl)nc(Nc2ccccc2SC)n1. The van der Waals surface area contributed by atoms with Gasteiger partial charge >= 0.3 is 0 Å². The number of hydrogen-bond donors (Lipinski definition) is 2. The molecule has 5 nitrogen and oxygen atoms in total. The number of benzene rings is 1. The normalized spacial score (nSPS) is 10.3. The summed E-state index contributed by atoms with van der Waals surface area (Å²) in [5, 5.41) is 6.44. The van der Waals surface area contributed by atoms with Gasteiger partial charge in [0.1, 0.15) is 0 Å². The van der Waals surface area contributed by atoms with Gasteiger partial charge in [-0.1, -0.05) is 19.1 Å². The first-order valence-corrected chi connectivity index (χ1v) is 7.88. The molecule has 1 aromatic carbocycles. The number of nitrogens with one attached hydrogen (secondary N) is 2. The predicted molar refractivity (Wildman–Crippen MR) is 85.1 cm³/mol. The van der Waals surface area contributed by atoms with Crippen LogP contribution < -0.4 is 10.6 Å². The van der Waals surface area contributed by atoms with E-state index in [9.17, 15) is 0 Å². The van der Waals surface area contributed by atoms with E-state index in [4.69, 9.17) is 11.6 Å². The molecule has 0 atom stereocenters. The summed E-state index contributed by atoms with van der Waals surface area (Å²) in [7, 11) is 0. The summed E-state index contributed by atoms with van der Waals surface area (Å²) in [6.45, 7) is 2.87. The molecule has 0 aliphatic carbocycles. The van der Waals surface area contributed by atoms with Crippen molar-refractivity contribution in [2.45, 2.75) is 18.2 Å². The molecule has 7 heteroatoms. The summed E-state index contributed by atoms with van der Waals surface area (Å²) in [5.74, 6) is 0.918. The van der Waals surface area contributed by atoms with E-state index in [1.54, 1.807) is 11.8 Å². The quantitative estimate of drug-likeness (QED) is 0.791. The van der Waals surface area contributed by atoms with E-state index in [2.05, 4.69) is 32.5 Å². The van der Waals surface area contributed by atoms with Crippen LogP contribution >= 0.6 is 23.4 Å². The largest absolute Gasteiger partial charge is 0.354 e. The second kappa shape index (κ2) is 7.31. The van der Waals surface area contributed by atoms with Gasteiger partial charge in [0, 0.05) is 11.4 Å². The van der Waals surface area contributed by atoms with Crippen LogP contribution in [0.1, 0.15) is 13.3 Å². The van der Waals surface area contributed by atoms with Gasteiger partial charge in [-0.05, 0) is 36.4 Å². The molecule has 1 aromatic heterocycles. The Kier molecular flexibility index (Phi) is 5.43. The molecule has 0 fully saturated rings. The zero-order chi connectivity index (χ0) is 14.4. The minimum absolute atomic E-state index is 0.169. The molecule has 0 spiro atoms. The van der Waals surface area contributed by atoms with Crippen LogP contribution in [0, 0.1) is 0 Å². The number of rotatable bonds is 6. The maximum atomic E-state index is 5.92. The molecule has 106 valence electrons. The van der Waals surface area contributed by atoms with E-state index in [1.807, 2.05) is 30.5 Å². The summed E-state index contributed by atoms with van der Waals surface area (Å²) >= 11 is 7.58. The Morgan fingerprint density at radius 1 is 1.15 bits per heavy atom. The van der Waals surface area contributed by atoms with E-state index in [1.165, 1.54) is 0 Å². The molecule has 0 amide bonds. The van der Waals surface area contributed by atoms with Gasteiger partial charge in [0.15, 0.2) is 0 Å². The molecule has 0 bridgehead atoms. The van der Waals surface area contributed by atoms with Crippen molar-refractivity contribution in [1.82, 2.24) is 15.0 Å². The first kappa shape index (κ1) is 14.9. The van der Waals surface area contributed by atoms with Gasteiger partial charge in [0.2, 0.25) is 17.2 Å². The lowest BCUT2D eigenvalue weighted by atomic mass is 10.3. The molecular formula is C13H16ClN5S. The third-order valence-corrected chi connectivity index (χ3v) is 3.46. The van der Waals surface area contributed by atoms with Crippen molar-refractivity contribution in [3.8, 4) is 0 Å². The van der Waals surface area contributed by atoms with Crippen molar-refractivity contribution >= 4 is 40.9 Å². The summed E-state index contributed by atoms with van der Waals surface area (Å²) < 4.78 is 0. The van der Waals surface area contributed by atoms with E-state index in [0.29, 0.717) is 11.9 Å². The van der Waals surface area contributed by atoms with Crippen molar-refractivity contribution in [2.24, 2.45) is 0 Å². The highest BCUT2D eigenvalue weighted by Crippen LogP contribution is 2.27. The standard InChI is InChI=1S/C13H16ClN5S/c1-3-8-15-12-17-11(14)18-13(19-12)16-9-6-4-5-7-10(9)20-2/h4-7H,3,8H2,1-2H3,(H2,15,16,17,18,19). The van der Waals surface area contributed by atoms with Crippen LogP contribution in [0.15, 0.2) is 29.2 Å². The molecule has 0 saturated heterocycles. The topological polar surface area (TPSA) is 62.7 Å². The van der Waals surface area contributed by atoms with E-state index in [0.717, 1.165) is 23.5 Å². The molecule has 1 heterocycles. The Hall–Kier alpha value is -1.53. The molecule has 2 rings (SSSR count). The number of nitrogens with zero attached hydrogens (tertiary/aromatic N) is 3. The van der Waals surface area contributed by atoms with Crippen LogP contribution in [0.4, 0.5) is 17.6 Å². The fourth-order valence-electron chi connectivity index (χ4n) is 1.59. The number of anilines is 3. The second-order valence-electron chi connectivity index (χ2n) is 4.00. The molecule has 20 heavy (non-hydrogen) atoms. The monoisotopic (exact) mass is 309 g/mol. The Bertz CT molecular complexity index is 578. The van der Waals surface area contributed by atoms with Gasteiger partial charge in [-0.25, -0.2) is 0 Å². The van der Waals surface area contributed by atoms with Crippen LogP contribution in [0.3, 0.4) is 0 Å². The summed E-state index contributed by atoms with van der Waals surface area (Å²) in [6.07, 6.45) is 3.01. The van der Waals surface area contributed by atoms with Gasteiger partial charge in [-0.15, -0.1) is 11.8 Å². The maximum Gasteiger partial charge on any atom is 0.233 e. The summed E-state index contributed by atoms with van der Waals surface area (Å²) in [4.78, 5) is 13.6. The van der Waals surface area contributed by atoms with E-state index < -0.39 is 0 Å². The van der Waals surface area contributed by atoms with Gasteiger partial charge in [-0.2, -0.15) is 15.0 Å². The Morgan fingerprint density at radius 2 is 1.90 bits per heavy atom. The molecule has 0 radical (unpaired) electrons. The molecule has 0 saturated carbocycles. The Balaban J connectivity index is 2.22. The third kappa shape index (κ3) is 3.98. The van der Waals surface area contributed by atoms with Gasteiger partial charge in [0.25, 0.3) is 0 Å². The predicted octanol–water partition coefficient (Wildman–Crippen LogP) is 3.81. The number of hydrogen-bond acceptors (Lipinski definition) is 6. The van der Waals surface area contributed by atoms with Crippen LogP contribution in [0.25, 0.3) is 0 Å². The van der Waals surface area contributed by atoms with Crippen molar-refractivity contribution in [2.75, 3.05) is 23.4 Å². The fourth-order valence-corrected chi connectivity index (χ4v) is 2.30. The third-order valence-electron chi connectivity index (χ3n) is 2.49. The number of halogens is 1. The van der Waals surface area contributed by atoms with Crippen molar-refractivity contribution in [1.29, 1.82) is 0 Å². The molecular weight excluding hydrogens is 294 g/mol. The van der Waals surface area contributed by atoms with Crippen LogP contribution in [-0.4, -0.2) is 27.8 Å². The van der Waals surface area contributed by atoms with Gasteiger partial charge < -0.3 is 10.6 Å². The van der Waals surface area contributed by atoms with E-state index in [-0.39, 0.29) is 5.28 Å². The highest BCUT2D eigenvalue weighted by molar-refractivity contribution is 7.98. The summed E-state index contributed by atoms with van der Waals surface area (Å²) in [6, 6.07) is 7.96. The average molecular weight is 310 g/mol. The van der Waals surface area contributed by atoms with E-state index >= 15 is 0 Å². The lowest BCUT2D eigenvalue weighted by Crippen LogP contribution is -2.08. The minimum atomic E-state index is 0.169. The number of thioether (sulfide) groups is 1. The lowest BCUT2D eigenvalue weighted by Gasteiger charge is -2.10. The fraction of sp³-hybridized carbons (Fsp3) is 0.308. The minimum Gasteiger partial charge on any atom is -0.354 e. The molecule has 0 aliphatic rings. The van der Waals surface area contributed by atoms with Crippen molar-refractivity contribution in [3.05, 3.63) is 29.5 Å². The number of aromatic nitrogens is 3. The molecule has 2 aromatic rings. The Labute approximate surface area is 127 Å². The van der Waals surface area contributed by atoms with Crippen LogP contribution in [0.5, 0.6) is 0 Å². The highest BCUT2D eigenvalue weighted by atomic mass is 35.5. The second-order valence-corrected chi connectivity index (χ2v) is 5.19. The van der Waals surface area contributed by atoms with Gasteiger partial charge in [-0.3, -0.25) is 0 Å². The smallest absolute Gasteiger partial charge is 0.233 e. The molecule has 0 unspecified atom stereocenters. The Morgan fingerprint density at radius 3 is 2.65 bits per heavy atom. The van der Waals surface area contributed by atoms with Crippen LogP contribution in [-0.2, 0) is 0 Å². The highest BCUT2D eigenvalue weighted by Gasteiger charge is 2.07. The first-order valence-electron chi connectivity index (χ1n) is 6.28. The average Bonchev–Trinajstić information content (AvgIpc) is 2.45. The first-order chi connectivity index (χ1) is 9.72. The zero-order valence-corrected chi connectivity index (χ0v) is 12.9.